The van der Waals surface area contributed by atoms with Crippen LogP contribution in [0, 0.1) is 10.1 Å². The van der Waals surface area contributed by atoms with Gasteiger partial charge in [0.25, 0.3) is 11.6 Å². The molecule has 7 nitrogen and oxygen atoms in total. The van der Waals surface area contributed by atoms with E-state index in [1.54, 1.807) is 36.4 Å². The zero-order valence-electron chi connectivity index (χ0n) is 15.1. The number of hydrazone groups is 1. The molecule has 0 spiro atoms. The molecule has 3 aromatic rings. The second-order valence-corrected chi connectivity index (χ2v) is 6.36. The maximum Gasteiger partial charge on any atom is 0.282 e. The highest BCUT2D eigenvalue weighted by atomic mass is 35.5. The SMILES string of the molecule is O=C(N/N=C\c1ccccc1OCc1ccc(Cl)cc1)c1ccccc1[N+](=O)[O-]. The van der Waals surface area contributed by atoms with E-state index < -0.39 is 10.8 Å². The Morgan fingerprint density at radius 1 is 1.07 bits per heavy atom. The summed E-state index contributed by atoms with van der Waals surface area (Å²) in [5.74, 6) is -0.0979. The lowest BCUT2D eigenvalue weighted by Crippen LogP contribution is -2.19. The molecule has 0 aliphatic carbocycles. The number of carbonyl (C=O) groups is 1. The second kappa shape index (κ2) is 9.48. The van der Waals surface area contributed by atoms with Crippen molar-refractivity contribution in [1.29, 1.82) is 0 Å². The molecular formula is C21H16ClN3O4. The van der Waals surface area contributed by atoms with E-state index in [-0.39, 0.29) is 11.3 Å². The Balaban J connectivity index is 1.67. The fourth-order valence-electron chi connectivity index (χ4n) is 2.51. The van der Waals surface area contributed by atoms with Crippen LogP contribution in [0.3, 0.4) is 0 Å². The van der Waals surface area contributed by atoms with Crippen molar-refractivity contribution in [3.63, 3.8) is 0 Å². The monoisotopic (exact) mass is 409 g/mol. The fourth-order valence-corrected chi connectivity index (χ4v) is 2.63. The highest BCUT2D eigenvalue weighted by Gasteiger charge is 2.18. The van der Waals surface area contributed by atoms with Crippen LogP contribution in [0.4, 0.5) is 5.69 Å². The molecule has 1 amide bonds. The first-order valence-corrected chi connectivity index (χ1v) is 8.95. The molecule has 3 rings (SSSR count). The van der Waals surface area contributed by atoms with Crippen LogP contribution >= 0.6 is 11.6 Å². The van der Waals surface area contributed by atoms with Gasteiger partial charge >= 0.3 is 0 Å². The number of rotatable bonds is 7. The van der Waals surface area contributed by atoms with Gasteiger partial charge < -0.3 is 4.74 Å². The Labute approximate surface area is 171 Å². The van der Waals surface area contributed by atoms with Gasteiger partial charge in [-0.3, -0.25) is 14.9 Å². The van der Waals surface area contributed by atoms with Crippen LogP contribution in [-0.2, 0) is 6.61 Å². The van der Waals surface area contributed by atoms with Crippen LogP contribution in [-0.4, -0.2) is 17.0 Å². The van der Waals surface area contributed by atoms with Gasteiger partial charge in [-0.1, -0.05) is 48.0 Å². The van der Waals surface area contributed by atoms with Crippen molar-refractivity contribution >= 4 is 29.4 Å². The van der Waals surface area contributed by atoms with Crippen molar-refractivity contribution in [3.05, 3.63) is 105 Å². The van der Waals surface area contributed by atoms with Crippen LogP contribution in [0.15, 0.2) is 77.9 Å². The van der Waals surface area contributed by atoms with Crippen molar-refractivity contribution in [3.8, 4) is 5.75 Å². The van der Waals surface area contributed by atoms with E-state index in [0.29, 0.717) is 22.9 Å². The summed E-state index contributed by atoms with van der Waals surface area (Å²) < 4.78 is 5.82. The zero-order chi connectivity index (χ0) is 20.6. The molecule has 0 aliphatic heterocycles. The number of amides is 1. The lowest BCUT2D eigenvalue weighted by atomic mass is 10.2. The van der Waals surface area contributed by atoms with Gasteiger partial charge in [-0.15, -0.1) is 0 Å². The normalized spacial score (nSPS) is 10.7. The van der Waals surface area contributed by atoms with E-state index in [9.17, 15) is 14.9 Å². The van der Waals surface area contributed by atoms with Crippen molar-refractivity contribution < 1.29 is 14.5 Å². The largest absolute Gasteiger partial charge is 0.488 e. The Hall–Kier alpha value is -3.71. The van der Waals surface area contributed by atoms with Crippen LogP contribution < -0.4 is 10.2 Å². The van der Waals surface area contributed by atoms with Crippen molar-refractivity contribution in [2.45, 2.75) is 6.61 Å². The summed E-state index contributed by atoms with van der Waals surface area (Å²) in [6, 6.07) is 20.2. The molecule has 0 aliphatic rings. The Bertz CT molecular complexity index is 1050. The van der Waals surface area contributed by atoms with Crippen LogP contribution in [0.25, 0.3) is 0 Å². The Morgan fingerprint density at radius 2 is 1.76 bits per heavy atom. The number of hydrogen-bond donors (Lipinski definition) is 1. The van der Waals surface area contributed by atoms with Gasteiger partial charge in [0.2, 0.25) is 0 Å². The maximum atomic E-state index is 12.2. The third-order valence-corrected chi connectivity index (χ3v) is 4.19. The van der Waals surface area contributed by atoms with Crippen molar-refractivity contribution in [2.75, 3.05) is 0 Å². The van der Waals surface area contributed by atoms with Gasteiger partial charge in [0.15, 0.2) is 0 Å². The van der Waals surface area contributed by atoms with E-state index in [1.807, 2.05) is 18.2 Å². The number of benzene rings is 3. The minimum Gasteiger partial charge on any atom is -0.488 e. The van der Waals surface area contributed by atoms with Crippen molar-refractivity contribution in [2.24, 2.45) is 5.10 Å². The van der Waals surface area contributed by atoms with E-state index in [1.165, 1.54) is 24.4 Å². The topological polar surface area (TPSA) is 93.8 Å². The lowest BCUT2D eigenvalue weighted by molar-refractivity contribution is -0.385. The van der Waals surface area contributed by atoms with Gasteiger partial charge in [0.05, 0.1) is 11.1 Å². The predicted molar refractivity (Wildman–Crippen MR) is 110 cm³/mol. The van der Waals surface area contributed by atoms with E-state index in [4.69, 9.17) is 16.3 Å². The fraction of sp³-hybridized carbons (Fsp3) is 0.0476. The summed E-state index contributed by atoms with van der Waals surface area (Å²) >= 11 is 5.88. The zero-order valence-corrected chi connectivity index (χ0v) is 15.9. The molecule has 0 bridgehead atoms. The standard InChI is InChI=1S/C21H16ClN3O4/c22-17-11-9-15(10-12-17)14-29-20-8-4-1-5-16(20)13-23-24-21(26)18-6-2-3-7-19(18)25(27)28/h1-13H,14H2,(H,24,26)/b23-13-. The molecule has 0 aromatic heterocycles. The third-order valence-electron chi connectivity index (χ3n) is 3.94. The van der Waals surface area contributed by atoms with Gasteiger partial charge in [0, 0.05) is 16.7 Å². The van der Waals surface area contributed by atoms with Crippen molar-refractivity contribution in [1.82, 2.24) is 5.43 Å². The lowest BCUT2D eigenvalue weighted by Gasteiger charge is -2.09. The molecule has 0 radical (unpaired) electrons. The molecule has 29 heavy (non-hydrogen) atoms. The number of para-hydroxylation sites is 2. The highest BCUT2D eigenvalue weighted by Crippen LogP contribution is 2.19. The molecule has 0 saturated heterocycles. The summed E-state index contributed by atoms with van der Waals surface area (Å²) in [5, 5.41) is 15.6. The summed E-state index contributed by atoms with van der Waals surface area (Å²) in [7, 11) is 0. The number of halogens is 1. The molecule has 1 N–H and O–H groups in total. The molecule has 0 atom stereocenters. The molecule has 0 fully saturated rings. The van der Waals surface area contributed by atoms with E-state index >= 15 is 0 Å². The molecule has 8 heteroatoms. The number of nitro groups is 1. The van der Waals surface area contributed by atoms with E-state index in [0.717, 1.165) is 5.56 Å². The molecular weight excluding hydrogens is 394 g/mol. The maximum absolute atomic E-state index is 12.2. The second-order valence-electron chi connectivity index (χ2n) is 5.93. The average Bonchev–Trinajstić information content (AvgIpc) is 2.74. The number of nitrogens with one attached hydrogen (secondary N) is 1. The minimum atomic E-state index is -0.673. The summed E-state index contributed by atoms with van der Waals surface area (Å²) in [4.78, 5) is 22.6. The molecule has 0 unspecified atom stereocenters. The van der Waals surface area contributed by atoms with Crippen LogP contribution in [0.2, 0.25) is 5.02 Å². The van der Waals surface area contributed by atoms with Gasteiger partial charge in [-0.2, -0.15) is 5.10 Å². The smallest absolute Gasteiger partial charge is 0.282 e. The van der Waals surface area contributed by atoms with Gasteiger partial charge in [-0.25, -0.2) is 5.43 Å². The number of carbonyl (C=O) groups excluding carboxylic acids is 1. The first-order valence-electron chi connectivity index (χ1n) is 8.57. The number of ether oxygens (including phenoxy) is 1. The highest BCUT2D eigenvalue weighted by molar-refractivity contribution is 6.30. The quantitative estimate of drug-likeness (QED) is 0.351. The first kappa shape index (κ1) is 20.0. The Kier molecular flexibility index (Phi) is 6.55. The Morgan fingerprint density at radius 3 is 2.52 bits per heavy atom. The van der Waals surface area contributed by atoms with Gasteiger partial charge in [-0.05, 0) is 35.9 Å². The van der Waals surface area contributed by atoms with Gasteiger partial charge in [0.1, 0.15) is 17.9 Å². The summed E-state index contributed by atoms with van der Waals surface area (Å²) in [6.07, 6.45) is 1.42. The first-order chi connectivity index (χ1) is 14.0. The molecule has 3 aromatic carbocycles. The number of nitro benzene ring substituents is 1. The molecule has 0 saturated carbocycles. The molecule has 0 heterocycles. The molecule has 146 valence electrons. The third kappa shape index (κ3) is 5.40. The van der Waals surface area contributed by atoms with Crippen LogP contribution in [0.1, 0.15) is 21.5 Å². The number of nitrogens with zero attached hydrogens (tertiary/aromatic N) is 2. The predicted octanol–water partition coefficient (Wildman–Crippen LogP) is 4.59. The van der Waals surface area contributed by atoms with E-state index in [2.05, 4.69) is 10.5 Å². The summed E-state index contributed by atoms with van der Waals surface area (Å²) in [5.41, 5.74) is 3.55. The number of hydrogen-bond acceptors (Lipinski definition) is 5. The minimum absolute atomic E-state index is 0.0677. The van der Waals surface area contributed by atoms with Crippen LogP contribution in [0.5, 0.6) is 5.75 Å². The average molecular weight is 410 g/mol. The summed E-state index contributed by atoms with van der Waals surface area (Å²) in [6.45, 7) is 0.338.